The summed E-state index contributed by atoms with van der Waals surface area (Å²) in [6, 6.07) is 2.49. The lowest BCUT2D eigenvalue weighted by Gasteiger charge is -2.32. The summed E-state index contributed by atoms with van der Waals surface area (Å²) in [7, 11) is 0. The molecule has 1 fully saturated rings. The van der Waals surface area contributed by atoms with Gasteiger partial charge in [-0.1, -0.05) is 0 Å². The van der Waals surface area contributed by atoms with Crippen molar-refractivity contribution >= 4 is 17.7 Å². The van der Waals surface area contributed by atoms with Crippen molar-refractivity contribution in [1.82, 2.24) is 4.98 Å². The number of aromatic nitrogens is 1. The van der Waals surface area contributed by atoms with E-state index in [0.29, 0.717) is 19.7 Å². The first-order chi connectivity index (χ1) is 8.56. The molecule has 98 valence electrons. The number of nitrogens with zero attached hydrogens (tertiary/aromatic N) is 2. The van der Waals surface area contributed by atoms with Gasteiger partial charge in [-0.3, -0.25) is 5.32 Å². The van der Waals surface area contributed by atoms with E-state index in [2.05, 4.69) is 10.3 Å². The van der Waals surface area contributed by atoms with Gasteiger partial charge >= 0.3 is 6.09 Å². The summed E-state index contributed by atoms with van der Waals surface area (Å²) < 4.78 is 19.1. The maximum absolute atomic E-state index is 13.7. The van der Waals surface area contributed by atoms with Gasteiger partial charge in [0.2, 0.25) is 0 Å². The van der Waals surface area contributed by atoms with E-state index >= 15 is 0 Å². The Kier molecular flexibility index (Phi) is 3.61. The van der Waals surface area contributed by atoms with E-state index in [9.17, 15) is 9.18 Å². The highest BCUT2D eigenvalue weighted by Gasteiger charge is 2.21. The van der Waals surface area contributed by atoms with Crippen LogP contribution in [0, 0.1) is 5.82 Å². The van der Waals surface area contributed by atoms with Gasteiger partial charge in [-0.25, -0.2) is 14.2 Å². The predicted octanol–water partition coefficient (Wildman–Crippen LogP) is 1.54. The number of carbonyl (C=O) groups is 1. The molecule has 2 heterocycles. The first-order valence-electron chi connectivity index (χ1n) is 5.59. The van der Waals surface area contributed by atoms with Crippen LogP contribution >= 0.6 is 0 Å². The van der Waals surface area contributed by atoms with Crippen molar-refractivity contribution in [2.24, 2.45) is 0 Å². The zero-order valence-corrected chi connectivity index (χ0v) is 9.89. The van der Waals surface area contributed by atoms with Crippen LogP contribution in [0.5, 0.6) is 0 Å². The van der Waals surface area contributed by atoms with Crippen LogP contribution in [0.2, 0.25) is 0 Å². The molecule has 18 heavy (non-hydrogen) atoms. The Morgan fingerprint density at radius 1 is 1.67 bits per heavy atom. The number of halogens is 1. The van der Waals surface area contributed by atoms with Crippen molar-refractivity contribution in [3.8, 4) is 0 Å². The lowest BCUT2D eigenvalue weighted by Crippen LogP contribution is -2.42. The summed E-state index contributed by atoms with van der Waals surface area (Å²) >= 11 is 0. The molecule has 0 spiro atoms. The van der Waals surface area contributed by atoms with Gasteiger partial charge in [0.25, 0.3) is 0 Å². The van der Waals surface area contributed by atoms with Crippen molar-refractivity contribution in [3.63, 3.8) is 0 Å². The van der Waals surface area contributed by atoms with Crippen LogP contribution in [0.4, 0.5) is 20.8 Å². The van der Waals surface area contributed by atoms with Crippen LogP contribution < -0.4 is 10.2 Å². The maximum atomic E-state index is 13.7. The van der Waals surface area contributed by atoms with Gasteiger partial charge in [-0.15, -0.1) is 0 Å². The minimum atomic E-state index is -1.23. The van der Waals surface area contributed by atoms with Crippen molar-refractivity contribution in [3.05, 3.63) is 17.9 Å². The minimum absolute atomic E-state index is 0.00367. The van der Waals surface area contributed by atoms with Crippen molar-refractivity contribution in [2.75, 3.05) is 29.9 Å². The molecule has 2 N–H and O–H groups in total. The van der Waals surface area contributed by atoms with E-state index in [1.165, 1.54) is 12.1 Å². The number of morpholine rings is 1. The molecule has 2 rings (SSSR count). The minimum Gasteiger partial charge on any atom is -0.465 e. The standard InChI is InChI=1S/C11H14FN3O3/c1-7-6-15(4-5-18-7)10-8(12)2-3-9(13-10)14-11(16)17/h2-3,7H,4-6H2,1H3,(H,13,14)(H,16,17). The highest BCUT2D eigenvalue weighted by molar-refractivity contribution is 5.81. The summed E-state index contributed by atoms with van der Waals surface area (Å²) in [5.74, 6) is -0.213. The fourth-order valence-electron chi connectivity index (χ4n) is 1.84. The van der Waals surface area contributed by atoms with Gasteiger partial charge in [0, 0.05) is 13.1 Å². The summed E-state index contributed by atoms with van der Waals surface area (Å²) in [5.41, 5.74) is 0. The number of pyridine rings is 1. The number of hydrogen-bond acceptors (Lipinski definition) is 4. The van der Waals surface area contributed by atoms with Gasteiger partial charge in [-0.05, 0) is 19.1 Å². The molecule has 1 aromatic heterocycles. The monoisotopic (exact) mass is 255 g/mol. The van der Waals surface area contributed by atoms with E-state index in [1.807, 2.05) is 6.92 Å². The Morgan fingerprint density at radius 2 is 2.44 bits per heavy atom. The van der Waals surface area contributed by atoms with Gasteiger partial charge in [0.15, 0.2) is 11.6 Å². The third-order valence-electron chi connectivity index (χ3n) is 2.60. The Hall–Kier alpha value is -1.89. The molecule has 0 saturated carbocycles. The molecular formula is C11H14FN3O3. The van der Waals surface area contributed by atoms with Crippen LogP contribution in [-0.2, 0) is 4.74 Å². The quantitative estimate of drug-likeness (QED) is 0.838. The highest BCUT2D eigenvalue weighted by Crippen LogP contribution is 2.21. The lowest BCUT2D eigenvalue weighted by molar-refractivity contribution is 0.0527. The molecule has 1 aliphatic rings. The second-order valence-electron chi connectivity index (χ2n) is 4.06. The smallest absolute Gasteiger partial charge is 0.410 e. The van der Waals surface area contributed by atoms with E-state index in [-0.39, 0.29) is 17.7 Å². The summed E-state index contributed by atoms with van der Waals surface area (Å²) in [6.07, 6.45) is -1.23. The molecule has 1 amide bonds. The second-order valence-corrected chi connectivity index (χ2v) is 4.06. The molecule has 6 nitrogen and oxygen atoms in total. The molecular weight excluding hydrogens is 241 g/mol. The molecule has 0 bridgehead atoms. The van der Waals surface area contributed by atoms with E-state index in [4.69, 9.17) is 9.84 Å². The second kappa shape index (κ2) is 5.18. The number of carboxylic acid groups (broad SMARTS) is 1. The number of ether oxygens (including phenoxy) is 1. The number of amides is 1. The fraction of sp³-hybridized carbons (Fsp3) is 0.455. The first-order valence-corrected chi connectivity index (χ1v) is 5.59. The fourth-order valence-corrected chi connectivity index (χ4v) is 1.84. The predicted molar refractivity (Wildman–Crippen MR) is 63.5 cm³/mol. The van der Waals surface area contributed by atoms with Gasteiger partial charge < -0.3 is 14.7 Å². The van der Waals surface area contributed by atoms with Crippen LogP contribution in [0.25, 0.3) is 0 Å². The third kappa shape index (κ3) is 2.86. The van der Waals surface area contributed by atoms with Gasteiger partial charge in [0.1, 0.15) is 5.82 Å². The molecule has 0 radical (unpaired) electrons. The molecule has 0 aromatic carbocycles. The Labute approximate surface area is 103 Å². The summed E-state index contributed by atoms with van der Waals surface area (Å²) in [6.45, 7) is 3.45. The van der Waals surface area contributed by atoms with E-state index < -0.39 is 11.9 Å². The molecule has 1 unspecified atom stereocenters. The number of anilines is 2. The Balaban J connectivity index is 2.22. The average molecular weight is 255 g/mol. The van der Waals surface area contributed by atoms with Gasteiger partial charge in [0.05, 0.1) is 12.7 Å². The molecule has 1 aliphatic heterocycles. The topological polar surface area (TPSA) is 74.7 Å². The number of hydrogen-bond donors (Lipinski definition) is 2. The lowest BCUT2D eigenvalue weighted by atomic mass is 10.3. The van der Waals surface area contributed by atoms with Crippen LogP contribution in [-0.4, -0.2) is 42.0 Å². The summed E-state index contributed by atoms with van der Waals surface area (Å²) in [5, 5.41) is 10.7. The zero-order chi connectivity index (χ0) is 13.1. The van der Waals surface area contributed by atoms with Crippen molar-refractivity contribution < 1.29 is 19.0 Å². The van der Waals surface area contributed by atoms with Crippen LogP contribution in [0.3, 0.4) is 0 Å². The molecule has 1 aromatic rings. The average Bonchev–Trinajstić information content (AvgIpc) is 2.31. The zero-order valence-electron chi connectivity index (χ0n) is 9.89. The first kappa shape index (κ1) is 12.6. The summed E-state index contributed by atoms with van der Waals surface area (Å²) in [4.78, 5) is 16.2. The van der Waals surface area contributed by atoms with Crippen LogP contribution in [0.1, 0.15) is 6.92 Å². The third-order valence-corrected chi connectivity index (χ3v) is 2.60. The Morgan fingerprint density at radius 3 is 3.11 bits per heavy atom. The van der Waals surface area contributed by atoms with Crippen molar-refractivity contribution in [1.29, 1.82) is 0 Å². The molecule has 1 atom stereocenters. The molecule has 0 aliphatic carbocycles. The number of rotatable bonds is 2. The van der Waals surface area contributed by atoms with E-state index in [1.54, 1.807) is 4.90 Å². The Bertz CT molecular complexity index is 455. The van der Waals surface area contributed by atoms with Crippen molar-refractivity contribution in [2.45, 2.75) is 13.0 Å². The largest absolute Gasteiger partial charge is 0.465 e. The normalized spacial score (nSPS) is 19.7. The number of nitrogens with one attached hydrogen (secondary N) is 1. The molecule has 1 saturated heterocycles. The van der Waals surface area contributed by atoms with Crippen LogP contribution in [0.15, 0.2) is 12.1 Å². The molecule has 7 heteroatoms. The maximum Gasteiger partial charge on any atom is 0.410 e. The van der Waals surface area contributed by atoms with E-state index in [0.717, 1.165) is 0 Å². The van der Waals surface area contributed by atoms with Gasteiger partial charge in [-0.2, -0.15) is 0 Å². The highest BCUT2D eigenvalue weighted by atomic mass is 19.1. The SMILES string of the molecule is CC1CN(c2nc(NC(=O)O)ccc2F)CCO1.